The van der Waals surface area contributed by atoms with Gasteiger partial charge in [-0.1, -0.05) is 133 Å². The van der Waals surface area contributed by atoms with Gasteiger partial charge < -0.3 is 14.0 Å². The molecule has 6 aromatic carbocycles. The van der Waals surface area contributed by atoms with Gasteiger partial charge in [0.2, 0.25) is 0 Å². The van der Waals surface area contributed by atoms with E-state index < -0.39 is 5.89 Å². The number of aromatic nitrogens is 3. The summed E-state index contributed by atoms with van der Waals surface area (Å²) in [5.74, 6) is 1.28. The molecule has 4 nitrogen and oxygen atoms in total. The zero-order chi connectivity index (χ0) is 41.4. The Labute approximate surface area is 364 Å². The van der Waals surface area contributed by atoms with Gasteiger partial charge >= 0.3 is 0 Å². The summed E-state index contributed by atoms with van der Waals surface area (Å²) >= 11 is 0. The molecule has 9 rings (SSSR count). The summed E-state index contributed by atoms with van der Waals surface area (Å²) in [5.41, 5.74) is 15.0. The quantitative estimate of drug-likeness (QED) is 0.143. The van der Waals surface area contributed by atoms with Crippen molar-refractivity contribution in [3.05, 3.63) is 174 Å². The van der Waals surface area contributed by atoms with E-state index in [0.29, 0.717) is 17.8 Å². The average molecular weight is 951 g/mol. The number of para-hydroxylation sites is 2. The number of benzene rings is 6. The summed E-state index contributed by atoms with van der Waals surface area (Å²) in [7, 11) is 0. The number of hydrogen-bond donors (Lipinski definition) is 0. The third-order valence-electron chi connectivity index (χ3n) is 11.0. The summed E-state index contributed by atoms with van der Waals surface area (Å²) in [6.45, 7) is 17.3. The molecule has 0 amide bonds. The molecule has 0 aliphatic rings. The van der Waals surface area contributed by atoms with Crippen molar-refractivity contribution < 1.29 is 25.9 Å². The smallest absolute Gasteiger partial charge is 0.121 e. The van der Waals surface area contributed by atoms with Gasteiger partial charge in [0.05, 0.1) is 22.4 Å². The molecular formula is C54H51IrN3O-2. The first-order valence-electron chi connectivity index (χ1n) is 20.9. The maximum absolute atomic E-state index is 7.99. The number of imidazole rings is 1. The first kappa shape index (κ1) is 40.2. The van der Waals surface area contributed by atoms with E-state index in [1.807, 2.05) is 56.3 Å². The number of furan rings is 1. The van der Waals surface area contributed by atoms with Crippen LogP contribution < -0.4 is 0 Å². The molecule has 5 heteroatoms. The third kappa shape index (κ3) is 8.33. The molecule has 0 saturated heterocycles. The van der Waals surface area contributed by atoms with Gasteiger partial charge in [-0.05, 0) is 93.6 Å². The van der Waals surface area contributed by atoms with Crippen molar-refractivity contribution in [3.8, 4) is 39.5 Å². The molecule has 1 radical (unpaired) electrons. The predicted molar refractivity (Wildman–Crippen MR) is 243 cm³/mol. The Morgan fingerprint density at radius 2 is 1.34 bits per heavy atom. The Bertz CT molecular complexity index is 2870. The first-order chi connectivity index (χ1) is 28.4. The van der Waals surface area contributed by atoms with Crippen LogP contribution in [-0.2, 0) is 20.1 Å². The second kappa shape index (κ2) is 17.7. The third-order valence-corrected chi connectivity index (χ3v) is 11.0. The van der Waals surface area contributed by atoms with Crippen LogP contribution in [0.15, 0.2) is 144 Å². The Balaban J connectivity index is 0.000000270. The maximum atomic E-state index is 7.99. The van der Waals surface area contributed by atoms with Crippen molar-refractivity contribution >= 4 is 33.0 Å². The SMILES string of the molecule is CC(C)c1ccc2c(c1)oc1c(-c3nc4ccccc4n3-c3c(C(C)C)cc(-c4ccccc4)cc3C(C)C)[c-]ccc12.[2H]C(C)(C)c1ccnc(-c2[c-]cccc2)c1.[Ir]. The van der Waals surface area contributed by atoms with Crippen LogP contribution in [0, 0.1) is 12.1 Å². The van der Waals surface area contributed by atoms with E-state index in [4.69, 9.17) is 10.8 Å². The normalized spacial score (nSPS) is 11.9. The van der Waals surface area contributed by atoms with Gasteiger partial charge in [-0.2, -0.15) is 0 Å². The maximum Gasteiger partial charge on any atom is 0.121 e. The molecule has 0 bridgehead atoms. The van der Waals surface area contributed by atoms with E-state index >= 15 is 0 Å². The van der Waals surface area contributed by atoms with Gasteiger partial charge in [0.25, 0.3) is 0 Å². The number of hydrogen-bond acceptors (Lipinski definition) is 3. The molecule has 59 heavy (non-hydrogen) atoms. The molecule has 0 aliphatic heterocycles. The summed E-state index contributed by atoms with van der Waals surface area (Å²) in [6.07, 6.45) is 1.75. The zero-order valence-corrected chi connectivity index (χ0v) is 37.5. The Hall–Kier alpha value is -5.61. The second-order valence-corrected chi connectivity index (χ2v) is 16.3. The van der Waals surface area contributed by atoms with Crippen LogP contribution in [0.4, 0.5) is 0 Å². The monoisotopic (exact) mass is 951 g/mol. The van der Waals surface area contributed by atoms with Crippen molar-refractivity contribution in [2.24, 2.45) is 0 Å². The van der Waals surface area contributed by atoms with Gasteiger partial charge in [0.1, 0.15) is 5.58 Å². The van der Waals surface area contributed by atoms with E-state index in [1.165, 1.54) is 33.5 Å². The zero-order valence-electron chi connectivity index (χ0n) is 36.1. The van der Waals surface area contributed by atoms with E-state index in [9.17, 15) is 0 Å². The number of rotatable bonds is 8. The summed E-state index contributed by atoms with van der Waals surface area (Å²) in [4.78, 5) is 9.59. The van der Waals surface area contributed by atoms with Gasteiger partial charge in [0.15, 0.2) is 0 Å². The summed E-state index contributed by atoms with van der Waals surface area (Å²) < 4.78 is 17.0. The molecule has 0 spiro atoms. The molecule has 9 aromatic rings. The van der Waals surface area contributed by atoms with E-state index in [2.05, 4.69) is 154 Å². The molecule has 0 atom stereocenters. The van der Waals surface area contributed by atoms with Crippen LogP contribution in [0.25, 0.3) is 72.4 Å². The molecule has 0 aliphatic carbocycles. The van der Waals surface area contributed by atoms with Crippen LogP contribution >= 0.6 is 0 Å². The van der Waals surface area contributed by atoms with Gasteiger partial charge in [0, 0.05) is 38.7 Å². The van der Waals surface area contributed by atoms with Crippen LogP contribution in [-0.4, -0.2) is 14.5 Å². The predicted octanol–water partition coefficient (Wildman–Crippen LogP) is 15.1. The average Bonchev–Trinajstić information content (AvgIpc) is 3.82. The first-order valence-corrected chi connectivity index (χ1v) is 20.4. The largest absolute Gasteiger partial charge is 0.501 e. The Morgan fingerprint density at radius 3 is 2.02 bits per heavy atom. The van der Waals surface area contributed by atoms with Crippen molar-refractivity contribution in [1.29, 1.82) is 0 Å². The molecule has 0 N–H and O–H groups in total. The Morgan fingerprint density at radius 1 is 0.627 bits per heavy atom. The fourth-order valence-corrected chi connectivity index (χ4v) is 7.76. The number of pyridine rings is 1. The molecule has 0 fully saturated rings. The Kier molecular flexibility index (Phi) is 12.1. The van der Waals surface area contributed by atoms with Crippen molar-refractivity contribution in [2.75, 3.05) is 0 Å². The van der Waals surface area contributed by atoms with Crippen LogP contribution in [0.3, 0.4) is 0 Å². The van der Waals surface area contributed by atoms with Crippen LogP contribution in [0.1, 0.15) is 103 Å². The topological polar surface area (TPSA) is 43.9 Å². The van der Waals surface area contributed by atoms with Crippen molar-refractivity contribution in [3.63, 3.8) is 0 Å². The fraction of sp³-hybridized carbons (Fsp3) is 0.222. The summed E-state index contributed by atoms with van der Waals surface area (Å²) in [6, 6.07) is 52.9. The molecule has 0 saturated carbocycles. The molecule has 3 aromatic heterocycles. The van der Waals surface area contributed by atoms with Crippen LogP contribution in [0.2, 0.25) is 0 Å². The second-order valence-electron chi connectivity index (χ2n) is 16.3. The molecule has 0 unspecified atom stereocenters. The van der Waals surface area contributed by atoms with Crippen molar-refractivity contribution in [2.45, 2.75) is 79.0 Å². The van der Waals surface area contributed by atoms with E-state index in [1.54, 1.807) is 6.20 Å². The van der Waals surface area contributed by atoms with Gasteiger partial charge in [-0.15, -0.1) is 54.1 Å². The van der Waals surface area contributed by atoms with Gasteiger partial charge in [-0.25, -0.2) is 0 Å². The fourth-order valence-electron chi connectivity index (χ4n) is 7.76. The van der Waals surface area contributed by atoms with Gasteiger partial charge in [-0.3, -0.25) is 4.98 Å². The summed E-state index contributed by atoms with van der Waals surface area (Å²) in [5, 5.41) is 2.21. The molecule has 3 heterocycles. The van der Waals surface area contributed by atoms with E-state index in [-0.39, 0.29) is 20.1 Å². The minimum atomic E-state index is -0.591. The van der Waals surface area contributed by atoms with E-state index in [0.717, 1.165) is 61.2 Å². The number of nitrogens with zero attached hydrogens (tertiary/aromatic N) is 3. The number of fused-ring (bicyclic) bond motifs is 4. The molecule has 299 valence electrons. The minimum Gasteiger partial charge on any atom is -0.501 e. The van der Waals surface area contributed by atoms with Crippen LogP contribution in [0.5, 0.6) is 0 Å². The standard InChI is InChI=1S/C40H37N2O.C14H14N.Ir/c1-24(2)28-19-20-30-31-15-12-16-32(39(31)43-37(30)23-28)40-41-35-17-10-11-18-36(35)42(40)38-33(25(3)4)21-29(22-34(38)26(5)6)27-13-8-7-9-14-27;1-11(2)13-8-9-15-14(10-13)12-6-4-3-5-7-12;/h7-15,17-26H,1-6H3;3-6,8-11H,1-2H3;/q2*-1;/i;11D;. The molecular weight excluding hydrogens is 899 g/mol. The van der Waals surface area contributed by atoms with Crippen molar-refractivity contribution in [1.82, 2.24) is 14.5 Å². The minimum absolute atomic E-state index is 0.